The molecule has 0 radical (unpaired) electrons. The predicted molar refractivity (Wildman–Crippen MR) is 117 cm³/mol. The predicted octanol–water partition coefficient (Wildman–Crippen LogP) is 2.23. The lowest BCUT2D eigenvalue weighted by atomic mass is 10.00. The van der Waals surface area contributed by atoms with Crippen molar-refractivity contribution in [2.24, 2.45) is 11.7 Å². The zero-order valence-electron chi connectivity index (χ0n) is 15.8. The maximum Gasteiger partial charge on any atom is 0.220 e. The van der Waals surface area contributed by atoms with E-state index in [0.29, 0.717) is 18.9 Å². The van der Waals surface area contributed by atoms with Crippen LogP contribution < -0.4 is 16.0 Å². The first-order chi connectivity index (χ1) is 11.6. The number of carbonyl (C=O) groups is 1. The van der Waals surface area contributed by atoms with E-state index in [2.05, 4.69) is 39.3 Å². The number of likely N-dealkylation sites (N-methyl/N-ethyl adjacent to an activating group) is 1. The van der Waals surface area contributed by atoms with Crippen molar-refractivity contribution in [3.8, 4) is 0 Å². The van der Waals surface area contributed by atoms with Gasteiger partial charge >= 0.3 is 0 Å². The van der Waals surface area contributed by atoms with E-state index in [1.165, 1.54) is 0 Å². The third-order valence-electron chi connectivity index (χ3n) is 5.29. The van der Waals surface area contributed by atoms with Gasteiger partial charge in [-0.15, -0.1) is 37.2 Å². The average Bonchev–Trinajstić information content (AvgIpc) is 2.99. The van der Waals surface area contributed by atoms with Crippen LogP contribution in [0, 0.1) is 5.92 Å². The Kier molecular flexibility index (Phi) is 12.3. The molecule has 1 saturated heterocycles. The molecule has 0 aromatic carbocycles. The molecule has 1 saturated carbocycles. The molecule has 1 aromatic rings. The Labute approximate surface area is 180 Å². The molecule has 6 nitrogen and oxygen atoms in total. The normalized spacial score (nSPS) is 22.2. The first-order valence-electron chi connectivity index (χ1n) is 9.02. The number of nitrogens with two attached hydrogens (primary N) is 1. The zero-order chi connectivity index (χ0) is 16.9. The van der Waals surface area contributed by atoms with Gasteiger partial charge in [0.15, 0.2) is 0 Å². The number of halogens is 3. The van der Waals surface area contributed by atoms with E-state index in [1.54, 1.807) is 0 Å². The van der Waals surface area contributed by atoms with E-state index in [1.807, 2.05) is 6.20 Å². The quantitative estimate of drug-likeness (QED) is 0.734. The molecule has 2 fully saturated rings. The molecule has 1 aliphatic heterocycles. The summed E-state index contributed by atoms with van der Waals surface area (Å²) in [6.45, 7) is 4.71. The van der Waals surface area contributed by atoms with Crippen LogP contribution in [0.2, 0.25) is 0 Å². The zero-order valence-corrected chi connectivity index (χ0v) is 18.3. The average molecular weight is 441 g/mol. The van der Waals surface area contributed by atoms with Crippen molar-refractivity contribution in [2.45, 2.75) is 38.3 Å². The van der Waals surface area contributed by atoms with Crippen molar-refractivity contribution in [3.05, 3.63) is 23.9 Å². The van der Waals surface area contributed by atoms with Gasteiger partial charge < -0.3 is 20.9 Å². The Morgan fingerprint density at radius 2 is 1.89 bits per heavy atom. The summed E-state index contributed by atoms with van der Waals surface area (Å²) in [5.74, 6) is 1.47. The van der Waals surface area contributed by atoms with Gasteiger partial charge in [-0.2, -0.15) is 0 Å². The van der Waals surface area contributed by atoms with Crippen LogP contribution in [-0.2, 0) is 11.3 Å². The molecule has 2 heterocycles. The van der Waals surface area contributed by atoms with Crippen molar-refractivity contribution in [3.63, 3.8) is 0 Å². The minimum Gasteiger partial charge on any atom is -0.354 e. The second-order valence-corrected chi connectivity index (χ2v) is 7.15. The molecule has 3 rings (SSSR count). The number of piperazine rings is 1. The molecular weight excluding hydrogens is 409 g/mol. The largest absolute Gasteiger partial charge is 0.354 e. The maximum absolute atomic E-state index is 12.1. The van der Waals surface area contributed by atoms with Gasteiger partial charge in [0.25, 0.3) is 0 Å². The van der Waals surface area contributed by atoms with Gasteiger partial charge in [-0.1, -0.05) is 12.5 Å². The van der Waals surface area contributed by atoms with Crippen LogP contribution in [0.15, 0.2) is 18.3 Å². The molecule has 0 unspecified atom stereocenters. The van der Waals surface area contributed by atoms with Crippen molar-refractivity contribution >= 4 is 48.9 Å². The van der Waals surface area contributed by atoms with E-state index in [-0.39, 0.29) is 49.2 Å². The van der Waals surface area contributed by atoms with Crippen molar-refractivity contribution in [2.75, 3.05) is 38.1 Å². The second-order valence-electron chi connectivity index (χ2n) is 7.15. The lowest BCUT2D eigenvalue weighted by molar-refractivity contribution is -0.122. The lowest BCUT2D eigenvalue weighted by Crippen LogP contribution is -2.44. The number of rotatable bonds is 5. The molecule has 1 aliphatic carbocycles. The van der Waals surface area contributed by atoms with Gasteiger partial charge in [-0.05, 0) is 37.4 Å². The third kappa shape index (κ3) is 7.62. The van der Waals surface area contributed by atoms with Gasteiger partial charge in [0.2, 0.25) is 5.91 Å². The standard InChI is InChI=1S/C18H29N5O.3ClH/c1-22-7-9-23(10-8-22)17-6-5-14(12-20-17)13-21-18(24)11-15-3-2-4-16(15)19;;;/h5-6,12,15-16H,2-4,7-11,13,19H2,1H3,(H,21,24);3*1H/t15-,16+;;;/m0.../s1. The van der Waals surface area contributed by atoms with E-state index >= 15 is 0 Å². The molecule has 2 atom stereocenters. The summed E-state index contributed by atoms with van der Waals surface area (Å²) in [7, 11) is 2.15. The highest BCUT2D eigenvalue weighted by atomic mass is 35.5. The molecule has 27 heavy (non-hydrogen) atoms. The van der Waals surface area contributed by atoms with Gasteiger partial charge in [0.1, 0.15) is 5.82 Å². The number of anilines is 1. The van der Waals surface area contributed by atoms with E-state index < -0.39 is 0 Å². The summed E-state index contributed by atoms with van der Waals surface area (Å²) in [5, 5.41) is 3.00. The highest BCUT2D eigenvalue weighted by Crippen LogP contribution is 2.26. The summed E-state index contributed by atoms with van der Waals surface area (Å²) in [4.78, 5) is 21.3. The van der Waals surface area contributed by atoms with E-state index in [0.717, 1.165) is 56.8 Å². The minimum atomic E-state index is 0. The SMILES string of the molecule is CN1CCN(c2ccc(CNC(=O)C[C@@H]3CCC[C@H]3N)cn2)CC1.Cl.Cl.Cl. The van der Waals surface area contributed by atoms with Crippen molar-refractivity contribution in [1.82, 2.24) is 15.2 Å². The number of pyridine rings is 1. The summed E-state index contributed by atoms with van der Waals surface area (Å²) < 4.78 is 0. The van der Waals surface area contributed by atoms with E-state index in [4.69, 9.17) is 5.73 Å². The first-order valence-corrected chi connectivity index (χ1v) is 9.02. The fraction of sp³-hybridized carbons (Fsp3) is 0.667. The molecule has 1 aromatic heterocycles. The molecular formula is C18H32Cl3N5O. The van der Waals surface area contributed by atoms with Gasteiger partial charge in [0.05, 0.1) is 0 Å². The summed E-state index contributed by atoms with van der Waals surface area (Å²) in [6.07, 6.45) is 5.70. The van der Waals surface area contributed by atoms with Gasteiger partial charge in [-0.3, -0.25) is 4.79 Å². The summed E-state index contributed by atoms with van der Waals surface area (Å²) >= 11 is 0. The second kappa shape index (κ2) is 12.6. The van der Waals surface area contributed by atoms with Crippen molar-refractivity contribution in [1.29, 1.82) is 0 Å². The number of hydrogen-bond donors (Lipinski definition) is 2. The molecule has 0 bridgehead atoms. The third-order valence-corrected chi connectivity index (χ3v) is 5.29. The van der Waals surface area contributed by atoms with Crippen LogP contribution in [0.25, 0.3) is 0 Å². The molecule has 2 aliphatic rings. The fourth-order valence-electron chi connectivity index (χ4n) is 3.57. The molecule has 3 N–H and O–H groups in total. The van der Waals surface area contributed by atoms with Crippen LogP contribution in [0.5, 0.6) is 0 Å². The lowest BCUT2D eigenvalue weighted by Gasteiger charge is -2.33. The Morgan fingerprint density at radius 1 is 1.19 bits per heavy atom. The number of amides is 1. The van der Waals surface area contributed by atoms with Crippen LogP contribution in [0.4, 0.5) is 5.82 Å². The number of nitrogens with zero attached hydrogens (tertiary/aromatic N) is 3. The smallest absolute Gasteiger partial charge is 0.220 e. The summed E-state index contributed by atoms with van der Waals surface area (Å²) in [6, 6.07) is 4.31. The molecule has 156 valence electrons. The monoisotopic (exact) mass is 439 g/mol. The number of aromatic nitrogens is 1. The van der Waals surface area contributed by atoms with Crippen LogP contribution in [0.3, 0.4) is 0 Å². The van der Waals surface area contributed by atoms with Crippen LogP contribution in [-0.4, -0.2) is 55.1 Å². The maximum atomic E-state index is 12.1. The number of nitrogens with one attached hydrogen (secondary N) is 1. The highest BCUT2D eigenvalue weighted by Gasteiger charge is 2.25. The first kappa shape index (κ1) is 26.2. The highest BCUT2D eigenvalue weighted by molar-refractivity contribution is 5.86. The van der Waals surface area contributed by atoms with E-state index in [9.17, 15) is 4.79 Å². The number of hydrogen-bond acceptors (Lipinski definition) is 5. The Hall–Kier alpha value is -0.790. The Morgan fingerprint density at radius 3 is 2.44 bits per heavy atom. The molecule has 1 amide bonds. The van der Waals surface area contributed by atoms with Crippen molar-refractivity contribution < 1.29 is 4.79 Å². The number of carbonyl (C=O) groups excluding carboxylic acids is 1. The Balaban J connectivity index is 0.00000225. The Bertz CT molecular complexity index is 552. The van der Waals surface area contributed by atoms with Gasteiger partial charge in [-0.25, -0.2) is 4.98 Å². The summed E-state index contributed by atoms with van der Waals surface area (Å²) in [5.41, 5.74) is 7.07. The van der Waals surface area contributed by atoms with Crippen LogP contribution in [0.1, 0.15) is 31.2 Å². The van der Waals surface area contributed by atoms with Gasteiger partial charge in [0, 0.05) is 51.4 Å². The molecule has 9 heteroatoms. The topological polar surface area (TPSA) is 74.5 Å². The minimum absolute atomic E-state index is 0. The molecule has 0 spiro atoms. The van der Waals surface area contributed by atoms with Crippen LogP contribution >= 0.6 is 37.2 Å². The fourth-order valence-corrected chi connectivity index (χ4v) is 3.57.